The van der Waals surface area contributed by atoms with Crippen molar-refractivity contribution in [2.24, 2.45) is 0 Å². The van der Waals surface area contributed by atoms with Crippen LogP contribution in [0.3, 0.4) is 0 Å². The van der Waals surface area contributed by atoms with Crippen LogP contribution >= 0.6 is 11.8 Å². The Labute approximate surface area is 204 Å². The maximum Gasteiger partial charge on any atom is 0.264 e. The van der Waals surface area contributed by atoms with Gasteiger partial charge in [0, 0.05) is 18.1 Å². The summed E-state index contributed by atoms with van der Waals surface area (Å²) in [4.78, 5) is 12.8. The predicted molar refractivity (Wildman–Crippen MR) is 134 cm³/mol. The van der Waals surface area contributed by atoms with Crippen molar-refractivity contribution in [2.45, 2.75) is 17.6 Å². The van der Waals surface area contributed by atoms with Crippen molar-refractivity contribution in [2.75, 3.05) is 30.3 Å². The number of carbonyl (C=O) groups excluding carboxylic acids is 1. The first-order valence-electron chi connectivity index (χ1n) is 10.6. The molecule has 180 valence electrons. The first-order chi connectivity index (χ1) is 16.3. The monoisotopic (exact) mass is 502 g/mol. The summed E-state index contributed by atoms with van der Waals surface area (Å²) in [6, 6.07) is 19.7. The Morgan fingerprint density at radius 3 is 2.41 bits per heavy atom. The van der Waals surface area contributed by atoms with Crippen molar-refractivity contribution >= 4 is 33.4 Å². The fourth-order valence-corrected chi connectivity index (χ4v) is 5.50. The van der Waals surface area contributed by atoms with Gasteiger partial charge >= 0.3 is 0 Å². The van der Waals surface area contributed by atoms with Gasteiger partial charge in [-0.25, -0.2) is 12.8 Å². The van der Waals surface area contributed by atoms with Crippen molar-refractivity contribution in [3.63, 3.8) is 0 Å². The number of rotatable bonds is 11. The molecule has 1 N–H and O–H groups in total. The van der Waals surface area contributed by atoms with Gasteiger partial charge in [-0.05, 0) is 42.8 Å². The highest BCUT2D eigenvalue weighted by atomic mass is 32.2. The zero-order valence-electron chi connectivity index (χ0n) is 19.0. The van der Waals surface area contributed by atoms with Gasteiger partial charge in [-0.15, -0.1) is 0 Å². The highest BCUT2D eigenvalue weighted by molar-refractivity contribution is 7.98. The van der Waals surface area contributed by atoms with Crippen molar-refractivity contribution in [1.82, 2.24) is 5.32 Å². The van der Waals surface area contributed by atoms with Crippen molar-refractivity contribution in [3.8, 4) is 5.75 Å². The number of halogens is 1. The van der Waals surface area contributed by atoms with E-state index in [0.29, 0.717) is 29.4 Å². The molecule has 0 aromatic heterocycles. The van der Waals surface area contributed by atoms with E-state index in [0.717, 1.165) is 9.87 Å². The summed E-state index contributed by atoms with van der Waals surface area (Å²) in [5, 5.41) is 2.75. The van der Waals surface area contributed by atoms with Gasteiger partial charge in [0.15, 0.2) is 0 Å². The molecular weight excluding hydrogens is 475 g/mol. The van der Waals surface area contributed by atoms with Crippen LogP contribution in [0, 0.1) is 12.7 Å². The average Bonchev–Trinajstić information content (AvgIpc) is 2.83. The molecule has 0 aliphatic rings. The van der Waals surface area contributed by atoms with Crippen LogP contribution in [0.5, 0.6) is 5.75 Å². The highest BCUT2D eigenvalue weighted by Gasteiger charge is 2.29. The SMILES string of the molecule is COc1ccccc1N(CC(=O)NCCSCc1ccccc1F)S(=O)(=O)c1ccc(C)cc1. The number of nitrogens with one attached hydrogen (secondary N) is 1. The number of hydrogen-bond donors (Lipinski definition) is 1. The van der Waals surface area contributed by atoms with E-state index in [1.54, 1.807) is 54.6 Å². The van der Waals surface area contributed by atoms with Gasteiger partial charge in [0.05, 0.1) is 17.7 Å². The fraction of sp³-hybridized carbons (Fsp3) is 0.240. The number of methoxy groups -OCH3 is 1. The minimum atomic E-state index is -4.03. The molecule has 0 radical (unpaired) electrons. The molecule has 1 amide bonds. The highest BCUT2D eigenvalue weighted by Crippen LogP contribution is 2.32. The molecule has 34 heavy (non-hydrogen) atoms. The second-order valence-electron chi connectivity index (χ2n) is 7.49. The van der Waals surface area contributed by atoms with E-state index >= 15 is 0 Å². The Balaban J connectivity index is 1.69. The number of benzene rings is 3. The zero-order valence-corrected chi connectivity index (χ0v) is 20.7. The minimum Gasteiger partial charge on any atom is -0.495 e. The summed E-state index contributed by atoms with van der Waals surface area (Å²) in [6.07, 6.45) is 0. The molecule has 3 rings (SSSR count). The van der Waals surface area contributed by atoms with Crippen LogP contribution in [0.2, 0.25) is 0 Å². The smallest absolute Gasteiger partial charge is 0.264 e. The summed E-state index contributed by atoms with van der Waals surface area (Å²) in [5.74, 6) is 0.671. The average molecular weight is 503 g/mol. The van der Waals surface area contributed by atoms with E-state index in [9.17, 15) is 17.6 Å². The van der Waals surface area contributed by atoms with E-state index < -0.39 is 22.5 Å². The van der Waals surface area contributed by atoms with E-state index in [4.69, 9.17) is 4.74 Å². The molecule has 9 heteroatoms. The van der Waals surface area contributed by atoms with Crippen LogP contribution in [-0.4, -0.2) is 40.3 Å². The summed E-state index contributed by atoms with van der Waals surface area (Å²) < 4.78 is 47.0. The third-order valence-corrected chi connectivity index (χ3v) is 7.82. The first kappa shape index (κ1) is 25.6. The van der Waals surface area contributed by atoms with E-state index in [-0.39, 0.29) is 16.4 Å². The van der Waals surface area contributed by atoms with Gasteiger partial charge in [0.25, 0.3) is 10.0 Å². The predicted octanol–water partition coefficient (Wildman–Crippen LogP) is 4.39. The molecule has 3 aromatic carbocycles. The molecule has 0 atom stereocenters. The maximum atomic E-state index is 13.7. The molecular formula is C25H27FN2O4S2. The van der Waals surface area contributed by atoms with Gasteiger partial charge < -0.3 is 10.1 Å². The number of anilines is 1. The summed E-state index contributed by atoms with van der Waals surface area (Å²) in [5.41, 5.74) is 1.80. The van der Waals surface area contributed by atoms with Crippen molar-refractivity contribution in [3.05, 3.63) is 89.7 Å². The van der Waals surface area contributed by atoms with Crippen LogP contribution in [0.25, 0.3) is 0 Å². The van der Waals surface area contributed by atoms with Gasteiger partial charge in [0.1, 0.15) is 18.1 Å². The number of carbonyl (C=O) groups is 1. The molecule has 0 aliphatic heterocycles. The molecule has 0 saturated carbocycles. The first-order valence-corrected chi connectivity index (χ1v) is 13.2. The Morgan fingerprint density at radius 2 is 1.71 bits per heavy atom. The molecule has 0 saturated heterocycles. The van der Waals surface area contributed by atoms with Gasteiger partial charge in [-0.2, -0.15) is 11.8 Å². The lowest BCUT2D eigenvalue weighted by Gasteiger charge is -2.25. The normalized spacial score (nSPS) is 11.1. The zero-order chi connectivity index (χ0) is 24.6. The third-order valence-electron chi connectivity index (χ3n) is 5.03. The largest absolute Gasteiger partial charge is 0.495 e. The number of hydrogen-bond acceptors (Lipinski definition) is 5. The third kappa shape index (κ3) is 6.51. The van der Waals surface area contributed by atoms with Crippen molar-refractivity contribution in [1.29, 1.82) is 0 Å². The Kier molecular flexibility index (Phi) is 8.95. The molecule has 0 spiro atoms. The molecule has 3 aromatic rings. The second-order valence-corrected chi connectivity index (χ2v) is 10.5. The van der Waals surface area contributed by atoms with Crippen LogP contribution in [0.1, 0.15) is 11.1 Å². The molecule has 0 heterocycles. The number of sulfonamides is 1. The molecule has 0 bridgehead atoms. The van der Waals surface area contributed by atoms with E-state index in [2.05, 4.69) is 5.32 Å². The standard InChI is InChI=1S/C25H27FN2O4S2/c1-19-11-13-21(14-12-19)34(30,31)28(23-9-5-6-10-24(23)32-2)17-25(29)27-15-16-33-18-20-7-3-4-8-22(20)26/h3-14H,15-18H2,1-2H3,(H,27,29). The Morgan fingerprint density at radius 1 is 1.03 bits per heavy atom. The van der Waals surface area contributed by atoms with Crippen LogP contribution in [-0.2, 0) is 20.6 Å². The number of amides is 1. The van der Waals surface area contributed by atoms with Gasteiger partial charge in [-0.1, -0.05) is 48.0 Å². The summed E-state index contributed by atoms with van der Waals surface area (Å²) >= 11 is 1.48. The minimum absolute atomic E-state index is 0.0808. The Hall–Kier alpha value is -3.04. The second kappa shape index (κ2) is 11.9. The summed E-state index contributed by atoms with van der Waals surface area (Å²) in [6.45, 7) is 1.78. The lowest BCUT2D eigenvalue weighted by Crippen LogP contribution is -2.41. The van der Waals surface area contributed by atoms with Crippen LogP contribution in [0.15, 0.2) is 77.7 Å². The lowest BCUT2D eigenvalue weighted by atomic mass is 10.2. The number of aryl methyl sites for hydroxylation is 1. The van der Waals surface area contributed by atoms with Crippen LogP contribution < -0.4 is 14.4 Å². The Bertz CT molecular complexity index is 1220. The lowest BCUT2D eigenvalue weighted by molar-refractivity contribution is -0.119. The number of thioether (sulfide) groups is 1. The molecule has 0 aliphatic carbocycles. The number of nitrogens with zero attached hydrogens (tertiary/aromatic N) is 1. The van der Waals surface area contributed by atoms with Crippen molar-refractivity contribution < 1.29 is 22.3 Å². The van der Waals surface area contributed by atoms with E-state index in [1.807, 2.05) is 6.92 Å². The number of para-hydroxylation sites is 2. The maximum absolute atomic E-state index is 13.7. The molecule has 0 unspecified atom stereocenters. The van der Waals surface area contributed by atoms with E-state index in [1.165, 1.54) is 37.1 Å². The molecule has 0 fully saturated rings. The number of ether oxygens (including phenoxy) is 1. The fourth-order valence-electron chi connectivity index (χ4n) is 3.22. The summed E-state index contributed by atoms with van der Waals surface area (Å²) in [7, 11) is -2.58. The topological polar surface area (TPSA) is 75.7 Å². The van der Waals surface area contributed by atoms with Crippen LogP contribution in [0.4, 0.5) is 10.1 Å². The van der Waals surface area contributed by atoms with Gasteiger partial charge in [-0.3, -0.25) is 9.10 Å². The van der Waals surface area contributed by atoms with Gasteiger partial charge in [0.2, 0.25) is 5.91 Å². The molecule has 6 nitrogen and oxygen atoms in total. The quantitative estimate of drug-likeness (QED) is 0.394.